The van der Waals surface area contributed by atoms with Crippen molar-refractivity contribution in [1.82, 2.24) is 0 Å². The monoisotopic (exact) mass is 320 g/mol. The van der Waals surface area contributed by atoms with Crippen LogP contribution in [0.2, 0.25) is 0 Å². The van der Waals surface area contributed by atoms with Gasteiger partial charge in [-0.2, -0.15) is 8.42 Å². The van der Waals surface area contributed by atoms with Crippen LogP contribution in [0.1, 0.15) is 98.3 Å². The first-order valence-electron chi connectivity index (χ1n) is 8.72. The van der Waals surface area contributed by atoms with Gasteiger partial charge in [0.25, 0.3) is 10.1 Å². The lowest BCUT2D eigenvalue weighted by atomic mass is 9.91. The molecule has 0 heterocycles. The highest BCUT2D eigenvalue weighted by Crippen LogP contribution is 2.31. The number of hydrogen-bond acceptors (Lipinski definition) is 2. The van der Waals surface area contributed by atoms with Gasteiger partial charge < -0.3 is 0 Å². The molecule has 0 amide bonds. The van der Waals surface area contributed by atoms with Crippen LogP contribution in [-0.4, -0.2) is 17.7 Å². The van der Waals surface area contributed by atoms with E-state index in [-0.39, 0.29) is 5.92 Å². The molecular formula is C17H36O3S. The Labute approximate surface area is 132 Å². The molecule has 0 aromatic rings. The zero-order valence-corrected chi connectivity index (χ0v) is 15.3. The molecule has 128 valence electrons. The molecule has 0 aliphatic heterocycles. The summed E-state index contributed by atoms with van der Waals surface area (Å²) in [6.45, 7) is 7.63. The highest BCUT2D eigenvalue weighted by atomic mass is 32.2. The summed E-state index contributed by atoms with van der Waals surface area (Å²) in [5, 5.41) is 0. The van der Waals surface area contributed by atoms with E-state index in [9.17, 15) is 13.0 Å². The Morgan fingerprint density at radius 3 is 1.57 bits per heavy atom. The van der Waals surface area contributed by atoms with Crippen molar-refractivity contribution in [2.45, 2.75) is 103 Å². The van der Waals surface area contributed by atoms with Gasteiger partial charge >= 0.3 is 0 Å². The van der Waals surface area contributed by atoms with Crippen molar-refractivity contribution >= 4 is 10.1 Å². The summed E-state index contributed by atoms with van der Waals surface area (Å²) in [6, 6.07) is 0. The Balaban J connectivity index is 3.75. The second kappa shape index (κ2) is 10.6. The Bertz CT molecular complexity index is 349. The standard InChI is InChI=1S/C17H36O3S/c1-5-6-7-8-9-10-11-12-13-14-15-17(4,16(2)3)21(18,19)20/h16H,5-15H2,1-4H3,(H,18,19,20). The molecule has 0 radical (unpaired) electrons. The largest absolute Gasteiger partial charge is 0.285 e. The van der Waals surface area contributed by atoms with Crippen molar-refractivity contribution in [2.75, 3.05) is 0 Å². The predicted molar refractivity (Wildman–Crippen MR) is 91.3 cm³/mol. The molecule has 0 fully saturated rings. The number of unbranched alkanes of at least 4 members (excludes halogenated alkanes) is 9. The topological polar surface area (TPSA) is 54.4 Å². The third kappa shape index (κ3) is 8.20. The second-order valence-corrected chi connectivity index (χ2v) is 8.76. The molecule has 1 N–H and O–H groups in total. The SMILES string of the molecule is CCCCCCCCCCCCC(C)(C(C)C)S(=O)(=O)O. The smallest absolute Gasteiger partial charge is 0.270 e. The van der Waals surface area contributed by atoms with E-state index in [4.69, 9.17) is 0 Å². The van der Waals surface area contributed by atoms with E-state index in [1.807, 2.05) is 13.8 Å². The first-order chi connectivity index (χ1) is 9.75. The molecule has 0 aliphatic carbocycles. The molecule has 0 aromatic heterocycles. The maximum Gasteiger partial charge on any atom is 0.270 e. The van der Waals surface area contributed by atoms with Crippen LogP contribution in [0.4, 0.5) is 0 Å². The number of hydrogen-bond donors (Lipinski definition) is 1. The van der Waals surface area contributed by atoms with Crippen molar-refractivity contribution in [1.29, 1.82) is 0 Å². The van der Waals surface area contributed by atoms with Gasteiger partial charge in [-0.15, -0.1) is 0 Å². The van der Waals surface area contributed by atoms with E-state index in [1.54, 1.807) is 6.92 Å². The summed E-state index contributed by atoms with van der Waals surface area (Å²) in [5.41, 5.74) is 0. The molecule has 0 aliphatic rings. The summed E-state index contributed by atoms with van der Waals surface area (Å²) in [6.07, 6.45) is 12.9. The Kier molecular flexibility index (Phi) is 10.6. The van der Waals surface area contributed by atoms with Crippen LogP contribution in [0.25, 0.3) is 0 Å². The fraction of sp³-hybridized carbons (Fsp3) is 1.00. The van der Waals surface area contributed by atoms with Gasteiger partial charge in [0.15, 0.2) is 0 Å². The molecule has 0 aromatic carbocycles. The summed E-state index contributed by atoms with van der Waals surface area (Å²) >= 11 is 0. The molecule has 1 atom stereocenters. The molecule has 0 rings (SSSR count). The quantitative estimate of drug-likeness (QED) is 0.355. The van der Waals surface area contributed by atoms with E-state index in [2.05, 4.69) is 6.92 Å². The van der Waals surface area contributed by atoms with Crippen LogP contribution in [0.5, 0.6) is 0 Å². The lowest BCUT2D eigenvalue weighted by Gasteiger charge is -2.30. The zero-order chi connectivity index (χ0) is 16.4. The zero-order valence-electron chi connectivity index (χ0n) is 14.5. The Morgan fingerprint density at radius 1 is 0.857 bits per heavy atom. The highest BCUT2D eigenvalue weighted by Gasteiger charge is 2.40. The minimum absolute atomic E-state index is 0.0638. The second-order valence-electron chi connectivity index (χ2n) is 6.87. The molecule has 3 nitrogen and oxygen atoms in total. The van der Waals surface area contributed by atoms with E-state index in [1.165, 1.54) is 51.4 Å². The van der Waals surface area contributed by atoms with Gasteiger partial charge in [-0.25, -0.2) is 0 Å². The summed E-state index contributed by atoms with van der Waals surface area (Å²) in [4.78, 5) is 0. The molecule has 0 spiro atoms. The van der Waals surface area contributed by atoms with Crippen LogP contribution < -0.4 is 0 Å². The summed E-state index contributed by atoms with van der Waals surface area (Å²) < 4.78 is 31.5. The Hall–Kier alpha value is -0.0900. The normalized spacial score (nSPS) is 15.3. The maximum absolute atomic E-state index is 11.5. The van der Waals surface area contributed by atoms with Crippen LogP contribution in [-0.2, 0) is 10.1 Å². The van der Waals surface area contributed by atoms with Gasteiger partial charge in [0.1, 0.15) is 0 Å². The molecule has 1 unspecified atom stereocenters. The fourth-order valence-corrected chi connectivity index (χ4v) is 3.68. The van der Waals surface area contributed by atoms with E-state index in [0.717, 1.165) is 12.8 Å². The average molecular weight is 321 g/mol. The average Bonchev–Trinajstić information content (AvgIpc) is 2.39. The van der Waals surface area contributed by atoms with Gasteiger partial charge in [0.2, 0.25) is 0 Å². The third-order valence-electron chi connectivity index (χ3n) is 4.84. The first-order valence-corrected chi connectivity index (χ1v) is 10.2. The summed E-state index contributed by atoms with van der Waals surface area (Å²) in [5.74, 6) is -0.0638. The molecule has 21 heavy (non-hydrogen) atoms. The van der Waals surface area contributed by atoms with Gasteiger partial charge in [-0.05, 0) is 19.3 Å². The van der Waals surface area contributed by atoms with Crippen LogP contribution in [0.3, 0.4) is 0 Å². The Morgan fingerprint density at radius 2 is 1.24 bits per heavy atom. The van der Waals surface area contributed by atoms with Crippen molar-refractivity contribution in [2.24, 2.45) is 5.92 Å². The number of rotatable bonds is 13. The molecule has 4 heteroatoms. The first kappa shape index (κ1) is 20.9. The van der Waals surface area contributed by atoms with E-state index in [0.29, 0.717) is 6.42 Å². The van der Waals surface area contributed by atoms with Crippen molar-refractivity contribution in [3.8, 4) is 0 Å². The molecule has 0 saturated heterocycles. The van der Waals surface area contributed by atoms with E-state index >= 15 is 0 Å². The van der Waals surface area contributed by atoms with Crippen molar-refractivity contribution < 1.29 is 13.0 Å². The fourth-order valence-electron chi connectivity index (χ4n) is 2.68. The van der Waals surface area contributed by atoms with Crippen LogP contribution >= 0.6 is 0 Å². The van der Waals surface area contributed by atoms with Crippen LogP contribution in [0, 0.1) is 5.92 Å². The van der Waals surface area contributed by atoms with Crippen molar-refractivity contribution in [3.05, 3.63) is 0 Å². The van der Waals surface area contributed by atoms with Crippen molar-refractivity contribution in [3.63, 3.8) is 0 Å². The molecular weight excluding hydrogens is 284 g/mol. The van der Waals surface area contributed by atoms with Gasteiger partial charge in [0, 0.05) is 0 Å². The van der Waals surface area contributed by atoms with E-state index < -0.39 is 14.9 Å². The maximum atomic E-state index is 11.5. The predicted octanol–water partition coefficient (Wildman–Crippen LogP) is 5.60. The van der Waals surface area contributed by atoms with Crippen LogP contribution in [0.15, 0.2) is 0 Å². The molecule has 0 saturated carbocycles. The third-order valence-corrected chi connectivity index (χ3v) is 6.69. The minimum Gasteiger partial charge on any atom is -0.285 e. The lowest BCUT2D eigenvalue weighted by molar-refractivity contribution is 0.348. The van der Waals surface area contributed by atoms with Gasteiger partial charge in [-0.1, -0.05) is 85.0 Å². The minimum atomic E-state index is -3.97. The van der Waals surface area contributed by atoms with Gasteiger partial charge in [0.05, 0.1) is 4.75 Å². The summed E-state index contributed by atoms with van der Waals surface area (Å²) in [7, 11) is -3.97. The molecule has 0 bridgehead atoms. The van der Waals surface area contributed by atoms with Gasteiger partial charge in [-0.3, -0.25) is 4.55 Å². The lowest BCUT2D eigenvalue weighted by Crippen LogP contribution is -2.40. The highest BCUT2D eigenvalue weighted by molar-refractivity contribution is 7.87.